The van der Waals surface area contributed by atoms with E-state index in [4.69, 9.17) is 21.1 Å². The van der Waals surface area contributed by atoms with Crippen molar-refractivity contribution in [1.29, 1.82) is 0 Å². The van der Waals surface area contributed by atoms with E-state index < -0.39 is 18.4 Å². The SMILES string of the molecule is Cc1cc(Cl)cc(-c2ncnc3cc(CN4C(=O)COC4=O)sc23)c1O[C@@H]1CCC[C@@H]1F. The van der Waals surface area contributed by atoms with E-state index in [0.717, 1.165) is 26.5 Å². The molecule has 2 amide bonds. The van der Waals surface area contributed by atoms with Gasteiger partial charge in [0.1, 0.15) is 24.4 Å². The molecule has 0 N–H and O–H groups in total. The van der Waals surface area contributed by atoms with E-state index in [1.165, 1.54) is 17.7 Å². The van der Waals surface area contributed by atoms with Crippen molar-refractivity contribution in [3.63, 3.8) is 0 Å². The van der Waals surface area contributed by atoms with Gasteiger partial charge in [-0.2, -0.15) is 0 Å². The summed E-state index contributed by atoms with van der Waals surface area (Å²) in [6.07, 6.45) is 1.22. The molecular formula is C22H19ClFN3O4S. The predicted molar refractivity (Wildman–Crippen MR) is 118 cm³/mol. The number of ether oxygens (including phenoxy) is 2. The maximum Gasteiger partial charge on any atom is 0.417 e. The van der Waals surface area contributed by atoms with Gasteiger partial charge in [0.25, 0.3) is 5.91 Å². The van der Waals surface area contributed by atoms with Crippen LogP contribution in [0, 0.1) is 6.92 Å². The molecule has 1 aromatic carbocycles. The number of aryl methyl sites for hydroxylation is 1. The third-order valence-corrected chi connectivity index (χ3v) is 6.99. The van der Waals surface area contributed by atoms with Gasteiger partial charge >= 0.3 is 6.09 Å². The fourth-order valence-corrected chi connectivity index (χ4v) is 5.47. The van der Waals surface area contributed by atoms with Crippen molar-refractivity contribution < 1.29 is 23.5 Å². The number of cyclic esters (lactones) is 1. The number of thiophene rings is 1. The second kappa shape index (κ2) is 8.29. The van der Waals surface area contributed by atoms with Crippen molar-refractivity contribution in [2.45, 2.75) is 45.0 Å². The number of fused-ring (bicyclic) bond motifs is 1. The third kappa shape index (κ3) is 3.80. The number of nitrogens with zero attached hydrogens (tertiary/aromatic N) is 3. The highest BCUT2D eigenvalue weighted by atomic mass is 35.5. The summed E-state index contributed by atoms with van der Waals surface area (Å²) in [5.74, 6) is 0.175. The zero-order valence-electron chi connectivity index (χ0n) is 17.1. The van der Waals surface area contributed by atoms with Gasteiger partial charge in [0.2, 0.25) is 0 Å². The number of halogens is 2. The average Bonchev–Trinajstić information content (AvgIpc) is 3.44. The van der Waals surface area contributed by atoms with Crippen LogP contribution in [0.4, 0.5) is 9.18 Å². The first kappa shape index (κ1) is 21.1. The fraction of sp³-hybridized carbons (Fsp3) is 0.364. The Balaban J connectivity index is 1.56. The Hall–Kier alpha value is -2.78. The molecule has 2 fully saturated rings. The number of carbonyl (C=O) groups is 2. The van der Waals surface area contributed by atoms with Crippen LogP contribution in [0.2, 0.25) is 5.02 Å². The van der Waals surface area contributed by atoms with Crippen molar-refractivity contribution in [2.75, 3.05) is 6.61 Å². The number of benzene rings is 1. The van der Waals surface area contributed by atoms with Crippen LogP contribution in [0.3, 0.4) is 0 Å². The number of imide groups is 1. The van der Waals surface area contributed by atoms with Crippen LogP contribution in [-0.2, 0) is 16.1 Å². The van der Waals surface area contributed by atoms with E-state index in [1.807, 2.05) is 13.0 Å². The molecule has 3 aromatic rings. The maximum atomic E-state index is 14.3. The second-order valence-electron chi connectivity index (χ2n) is 7.89. The molecule has 166 valence electrons. The molecule has 32 heavy (non-hydrogen) atoms. The molecule has 3 heterocycles. The normalized spacial score (nSPS) is 20.9. The Morgan fingerprint density at radius 3 is 2.84 bits per heavy atom. The first-order valence-electron chi connectivity index (χ1n) is 10.2. The number of aromatic nitrogens is 2. The first-order chi connectivity index (χ1) is 15.4. The lowest BCUT2D eigenvalue weighted by Gasteiger charge is -2.20. The van der Waals surface area contributed by atoms with E-state index >= 15 is 0 Å². The quantitative estimate of drug-likeness (QED) is 0.512. The van der Waals surface area contributed by atoms with Gasteiger partial charge in [-0.1, -0.05) is 11.6 Å². The zero-order valence-corrected chi connectivity index (χ0v) is 18.7. The van der Waals surface area contributed by atoms with Crippen LogP contribution in [-0.4, -0.2) is 45.8 Å². The minimum Gasteiger partial charge on any atom is -0.486 e. The lowest BCUT2D eigenvalue weighted by atomic mass is 10.1. The van der Waals surface area contributed by atoms with E-state index in [9.17, 15) is 14.0 Å². The van der Waals surface area contributed by atoms with Gasteiger partial charge < -0.3 is 9.47 Å². The van der Waals surface area contributed by atoms with Crippen LogP contribution in [0.1, 0.15) is 29.7 Å². The lowest BCUT2D eigenvalue weighted by Crippen LogP contribution is -2.27. The molecule has 1 aliphatic carbocycles. The molecule has 1 saturated heterocycles. The molecule has 0 bridgehead atoms. The molecule has 1 saturated carbocycles. The monoisotopic (exact) mass is 475 g/mol. The molecular weight excluding hydrogens is 457 g/mol. The molecule has 5 rings (SSSR count). The number of alkyl halides is 1. The van der Waals surface area contributed by atoms with Gasteiger partial charge in [0.05, 0.1) is 22.5 Å². The molecule has 2 atom stereocenters. The summed E-state index contributed by atoms with van der Waals surface area (Å²) in [6, 6.07) is 5.36. The minimum atomic E-state index is -1.01. The van der Waals surface area contributed by atoms with Crippen LogP contribution in [0.5, 0.6) is 5.75 Å². The van der Waals surface area contributed by atoms with Crippen LogP contribution in [0.15, 0.2) is 24.5 Å². The van der Waals surface area contributed by atoms with Gasteiger partial charge in [0, 0.05) is 15.5 Å². The lowest BCUT2D eigenvalue weighted by molar-refractivity contribution is -0.126. The molecule has 0 unspecified atom stereocenters. The Kier molecular flexibility index (Phi) is 5.46. The summed E-state index contributed by atoms with van der Waals surface area (Å²) in [7, 11) is 0. The number of rotatable bonds is 5. The summed E-state index contributed by atoms with van der Waals surface area (Å²) >= 11 is 7.73. The van der Waals surface area contributed by atoms with Crippen LogP contribution >= 0.6 is 22.9 Å². The second-order valence-corrected chi connectivity index (χ2v) is 9.46. The van der Waals surface area contributed by atoms with E-state index in [0.29, 0.717) is 40.4 Å². The number of hydrogen-bond acceptors (Lipinski definition) is 7. The minimum absolute atomic E-state index is 0.0989. The Labute approximate surface area is 192 Å². The van der Waals surface area contributed by atoms with Crippen molar-refractivity contribution >= 4 is 45.2 Å². The predicted octanol–water partition coefficient (Wildman–Crippen LogP) is 5.07. The molecule has 2 aliphatic rings. The Bertz CT molecular complexity index is 1220. The van der Waals surface area contributed by atoms with Crippen molar-refractivity contribution in [1.82, 2.24) is 14.9 Å². The standard InChI is InChI=1S/C22H19ClFN3O4S/c1-11-5-12(23)6-14(20(11)31-17-4-2-3-15(17)24)19-21-16(25-10-26-19)7-13(32-21)8-27-18(28)9-30-22(27)29/h5-7,10,15,17H,2-4,8-9H2,1H3/t15-,17+/m0/s1. The highest BCUT2D eigenvalue weighted by molar-refractivity contribution is 7.19. The smallest absolute Gasteiger partial charge is 0.417 e. The summed E-state index contributed by atoms with van der Waals surface area (Å²) in [5.41, 5.74) is 2.73. The van der Waals surface area contributed by atoms with Crippen LogP contribution in [0.25, 0.3) is 21.5 Å². The first-order valence-corrected chi connectivity index (χ1v) is 11.4. The Morgan fingerprint density at radius 2 is 2.12 bits per heavy atom. The van der Waals surface area contributed by atoms with Gasteiger partial charge in [-0.3, -0.25) is 4.79 Å². The maximum absolute atomic E-state index is 14.3. The Morgan fingerprint density at radius 1 is 1.28 bits per heavy atom. The van der Waals surface area contributed by atoms with Crippen molar-refractivity contribution in [3.8, 4) is 17.0 Å². The van der Waals surface area contributed by atoms with Gasteiger partial charge in [-0.15, -0.1) is 11.3 Å². The molecule has 1 aliphatic heterocycles. The highest BCUT2D eigenvalue weighted by Crippen LogP contribution is 2.42. The summed E-state index contributed by atoms with van der Waals surface area (Å²) < 4.78 is 26.0. The number of amides is 2. The topological polar surface area (TPSA) is 81.6 Å². The summed E-state index contributed by atoms with van der Waals surface area (Å²) in [5, 5.41) is 0.516. The largest absolute Gasteiger partial charge is 0.486 e. The molecule has 10 heteroatoms. The van der Waals surface area contributed by atoms with E-state index in [-0.39, 0.29) is 19.1 Å². The van der Waals surface area contributed by atoms with Crippen LogP contribution < -0.4 is 4.74 Å². The molecule has 0 radical (unpaired) electrons. The highest BCUT2D eigenvalue weighted by Gasteiger charge is 2.32. The summed E-state index contributed by atoms with van der Waals surface area (Å²) in [4.78, 5) is 34.3. The van der Waals surface area contributed by atoms with E-state index in [1.54, 1.807) is 12.1 Å². The van der Waals surface area contributed by atoms with Gasteiger partial charge in [0.15, 0.2) is 6.61 Å². The zero-order chi connectivity index (χ0) is 22.4. The molecule has 7 nitrogen and oxygen atoms in total. The van der Waals surface area contributed by atoms with Gasteiger partial charge in [-0.05, 0) is 49.9 Å². The number of carbonyl (C=O) groups excluding carboxylic acids is 2. The van der Waals surface area contributed by atoms with Crippen molar-refractivity contribution in [2.24, 2.45) is 0 Å². The summed E-state index contributed by atoms with van der Waals surface area (Å²) in [6.45, 7) is 1.73. The third-order valence-electron chi connectivity index (χ3n) is 5.65. The van der Waals surface area contributed by atoms with Crippen molar-refractivity contribution in [3.05, 3.63) is 40.0 Å². The fourth-order valence-electron chi connectivity index (χ4n) is 4.09. The molecule has 2 aromatic heterocycles. The van der Waals surface area contributed by atoms with Gasteiger partial charge in [-0.25, -0.2) is 24.1 Å². The molecule has 0 spiro atoms. The average molecular weight is 476 g/mol. The number of hydrogen-bond donors (Lipinski definition) is 0. The van der Waals surface area contributed by atoms with E-state index in [2.05, 4.69) is 9.97 Å².